The topological polar surface area (TPSA) is 60.7 Å². The summed E-state index contributed by atoms with van der Waals surface area (Å²) >= 11 is 0. The number of rotatable bonds is 4. The number of aryl methyl sites for hydroxylation is 1. The molecule has 3 rings (SSSR count). The fourth-order valence-corrected chi connectivity index (χ4v) is 2.55. The molecule has 4 heteroatoms. The van der Waals surface area contributed by atoms with Gasteiger partial charge in [0.2, 0.25) is 5.88 Å². The molecule has 0 saturated heterocycles. The third kappa shape index (κ3) is 3.11. The monoisotopic (exact) mass is 307 g/mol. The highest BCUT2D eigenvalue weighted by Gasteiger charge is 2.12. The Labute approximate surface area is 135 Å². The van der Waals surface area contributed by atoms with Gasteiger partial charge in [-0.1, -0.05) is 39.0 Å². The van der Waals surface area contributed by atoms with Crippen molar-refractivity contribution in [3.8, 4) is 5.88 Å². The summed E-state index contributed by atoms with van der Waals surface area (Å²) < 4.78 is 0. The largest absolute Gasteiger partial charge is 0.493 e. The van der Waals surface area contributed by atoms with E-state index in [4.69, 9.17) is 0 Å². The lowest BCUT2D eigenvalue weighted by atomic mass is 10.0. The Balaban J connectivity index is 1.99. The lowest BCUT2D eigenvalue weighted by molar-refractivity contribution is 0.459. The van der Waals surface area contributed by atoms with Crippen LogP contribution in [-0.4, -0.2) is 10.1 Å². The molecular formula is C19H21N3O. The summed E-state index contributed by atoms with van der Waals surface area (Å²) in [7, 11) is 0. The normalized spacial score (nSPS) is 11.8. The van der Waals surface area contributed by atoms with Crippen LogP contribution in [0.5, 0.6) is 5.88 Å². The molecule has 0 fully saturated rings. The van der Waals surface area contributed by atoms with E-state index in [-0.39, 0.29) is 5.88 Å². The number of hydrogen-bond acceptors (Lipinski definition) is 3. The number of aromatic hydroxyl groups is 1. The average molecular weight is 307 g/mol. The number of nitrogens with one attached hydrogen (secondary N) is 1. The van der Waals surface area contributed by atoms with Crippen molar-refractivity contribution < 1.29 is 5.11 Å². The molecule has 2 aromatic carbocycles. The summed E-state index contributed by atoms with van der Waals surface area (Å²) in [5, 5.41) is 19.5. The van der Waals surface area contributed by atoms with Gasteiger partial charge in [0.15, 0.2) is 5.69 Å². The molecule has 0 unspecified atom stereocenters. The van der Waals surface area contributed by atoms with E-state index in [2.05, 4.69) is 48.1 Å². The molecule has 0 aliphatic heterocycles. The number of nitrogens with zero attached hydrogens (tertiary/aromatic N) is 2. The van der Waals surface area contributed by atoms with E-state index in [9.17, 15) is 5.11 Å². The first-order valence-electron chi connectivity index (χ1n) is 7.93. The zero-order valence-electron chi connectivity index (χ0n) is 13.7. The Hall–Kier alpha value is -2.62. The molecule has 0 amide bonds. The third-order valence-electron chi connectivity index (χ3n) is 4.05. The lowest BCUT2D eigenvalue weighted by Crippen LogP contribution is -1.85. The van der Waals surface area contributed by atoms with Gasteiger partial charge in [-0.05, 0) is 47.7 Å². The first-order chi connectivity index (χ1) is 11.1. The molecular weight excluding hydrogens is 286 g/mol. The van der Waals surface area contributed by atoms with Crippen LogP contribution in [0.4, 0.5) is 11.4 Å². The summed E-state index contributed by atoms with van der Waals surface area (Å²) in [5.41, 5.74) is 4.60. The maximum atomic E-state index is 10.1. The Bertz CT molecular complexity index is 845. The smallest absolute Gasteiger partial charge is 0.218 e. The molecule has 0 saturated carbocycles. The van der Waals surface area contributed by atoms with Gasteiger partial charge in [0.1, 0.15) is 0 Å². The summed E-state index contributed by atoms with van der Waals surface area (Å²) in [6.45, 7) is 6.40. The second-order valence-corrected chi connectivity index (χ2v) is 6.00. The van der Waals surface area contributed by atoms with E-state index in [1.807, 2.05) is 30.3 Å². The Kier molecular flexibility index (Phi) is 4.15. The lowest BCUT2D eigenvalue weighted by Gasteiger charge is -2.04. The molecule has 4 nitrogen and oxygen atoms in total. The average Bonchev–Trinajstić information content (AvgIpc) is 2.87. The standard InChI is InChI=1S/C19H21N3O/c1-4-13-5-8-15(9-6-13)21-22-18-16-11-14(12(2)3)7-10-17(16)20-19(18)23/h5-12,20,23H,4H2,1-3H3. The van der Waals surface area contributed by atoms with Crippen molar-refractivity contribution in [3.05, 3.63) is 53.6 Å². The molecule has 0 atom stereocenters. The minimum Gasteiger partial charge on any atom is -0.493 e. The van der Waals surface area contributed by atoms with Crippen molar-refractivity contribution in [2.45, 2.75) is 33.1 Å². The van der Waals surface area contributed by atoms with Crippen LogP contribution in [0, 0.1) is 0 Å². The number of fused-ring (bicyclic) bond motifs is 1. The number of azo groups is 1. The summed E-state index contributed by atoms with van der Waals surface area (Å²) in [4.78, 5) is 2.95. The van der Waals surface area contributed by atoms with E-state index >= 15 is 0 Å². The zero-order chi connectivity index (χ0) is 16.4. The quantitative estimate of drug-likeness (QED) is 0.573. The van der Waals surface area contributed by atoms with Crippen molar-refractivity contribution in [3.63, 3.8) is 0 Å². The van der Waals surface area contributed by atoms with Gasteiger partial charge in [0.25, 0.3) is 0 Å². The Morgan fingerprint density at radius 1 is 1.04 bits per heavy atom. The van der Waals surface area contributed by atoms with Gasteiger partial charge in [-0.3, -0.25) is 0 Å². The molecule has 3 aromatic rings. The van der Waals surface area contributed by atoms with Crippen LogP contribution < -0.4 is 0 Å². The second-order valence-electron chi connectivity index (χ2n) is 6.00. The molecule has 1 heterocycles. The molecule has 0 bridgehead atoms. The minimum absolute atomic E-state index is 0.0508. The minimum atomic E-state index is 0.0508. The number of benzene rings is 2. The van der Waals surface area contributed by atoms with Crippen LogP contribution in [0.1, 0.15) is 37.8 Å². The van der Waals surface area contributed by atoms with E-state index in [1.165, 1.54) is 11.1 Å². The maximum Gasteiger partial charge on any atom is 0.218 e. The van der Waals surface area contributed by atoms with E-state index < -0.39 is 0 Å². The van der Waals surface area contributed by atoms with Gasteiger partial charge in [0.05, 0.1) is 11.2 Å². The third-order valence-corrected chi connectivity index (χ3v) is 4.05. The van der Waals surface area contributed by atoms with Gasteiger partial charge in [-0.25, -0.2) is 0 Å². The predicted octanol–water partition coefficient (Wildman–Crippen LogP) is 5.97. The molecule has 2 N–H and O–H groups in total. The van der Waals surface area contributed by atoms with Gasteiger partial charge in [-0.2, -0.15) is 5.11 Å². The van der Waals surface area contributed by atoms with Crippen molar-refractivity contribution in [2.75, 3.05) is 0 Å². The molecule has 23 heavy (non-hydrogen) atoms. The molecule has 0 aliphatic carbocycles. The number of aromatic amines is 1. The highest BCUT2D eigenvalue weighted by atomic mass is 16.3. The molecule has 0 spiro atoms. The highest BCUT2D eigenvalue weighted by Crippen LogP contribution is 2.37. The van der Waals surface area contributed by atoms with Crippen LogP contribution >= 0.6 is 0 Å². The zero-order valence-corrected chi connectivity index (χ0v) is 13.7. The number of hydrogen-bond donors (Lipinski definition) is 2. The van der Waals surface area contributed by atoms with Crippen molar-refractivity contribution >= 4 is 22.3 Å². The van der Waals surface area contributed by atoms with E-state index in [1.54, 1.807) is 0 Å². The molecule has 1 aromatic heterocycles. The summed E-state index contributed by atoms with van der Waals surface area (Å²) in [6.07, 6.45) is 0.999. The summed E-state index contributed by atoms with van der Waals surface area (Å²) in [5.74, 6) is 0.470. The molecule has 0 aliphatic rings. The second kappa shape index (κ2) is 6.24. The van der Waals surface area contributed by atoms with Gasteiger partial charge in [0, 0.05) is 5.39 Å². The van der Waals surface area contributed by atoms with Gasteiger partial charge < -0.3 is 10.1 Å². The first-order valence-corrected chi connectivity index (χ1v) is 7.93. The van der Waals surface area contributed by atoms with Crippen LogP contribution in [0.2, 0.25) is 0 Å². The Morgan fingerprint density at radius 2 is 1.78 bits per heavy atom. The molecule has 118 valence electrons. The van der Waals surface area contributed by atoms with Gasteiger partial charge in [-0.15, -0.1) is 5.11 Å². The number of H-pyrrole nitrogens is 1. The van der Waals surface area contributed by atoms with Crippen LogP contribution in [0.15, 0.2) is 52.7 Å². The fourth-order valence-electron chi connectivity index (χ4n) is 2.55. The van der Waals surface area contributed by atoms with Gasteiger partial charge >= 0.3 is 0 Å². The van der Waals surface area contributed by atoms with E-state index in [0.29, 0.717) is 11.6 Å². The van der Waals surface area contributed by atoms with Crippen LogP contribution in [0.25, 0.3) is 10.9 Å². The highest BCUT2D eigenvalue weighted by molar-refractivity contribution is 5.94. The maximum absolute atomic E-state index is 10.1. The fraction of sp³-hybridized carbons (Fsp3) is 0.263. The van der Waals surface area contributed by atoms with Crippen LogP contribution in [0.3, 0.4) is 0 Å². The predicted molar refractivity (Wildman–Crippen MR) is 94.0 cm³/mol. The van der Waals surface area contributed by atoms with Crippen molar-refractivity contribution in [1.29, 1.82) is 0 Å². The van der Waals surface area contributed by atoms with Crippen LogP contribution in [-0.2, 0) is 6.42 Å². The van der Waals surface area contributed by atoms with E-state index in [0.717, 1.165) is 23.0 Å². The molecule has 0 radical (unpaired) electrons. The van der Waals surface area contributed by atoms with Crippen molar-refractivity contribution in [1.82, 2.24) is 4.98 Å². The number of aromatic nitrogens is 1. The Morgan fingerprint density at radius 3 is 2.43 bits per heavy atom. The SMILES string of the molecule is CCc1ccc(N=Nc2c(O)[nH]c3ccc(C(C)C)cc23)cc1. The first kappa shape index (κ1) is 15.3. The van der Waals surface area contributed by atoms with Crippen molar-refractivity contribution in [2.24, 2.45) is 10.2 Å². The summed E-state index contributed by atoms with van der Waals surface area (Å²) in [6, 6.07) is 14.1.